The number of thiophene rings is 1. The smallest absolute Gasteiger partial charge is 0.164 e. The molecule has 0 aliphatic carbocycles. The van der Waals surface area contributed by atoms with Crippen molar-refractivity contribution in [1.29, 1.82) is 0 Å². The minimum Gasteiger partial charge on any atom is -0.208 e. The van der Waals surface area contributed by atoms with E-state index in [1.807, 2.05) is 66.7 Å². The third kappa shape index (κ3) is 3.54. The zero-order chi connectivity index (χ0) is 24.1. The molecule has 0 N–H and O–H groups in total. The van der Waals surface area contributed by atoms with Crippen molar-refractivity contribution in [3.8, 4) is 34.2 Å². The molecule has 0 unspecified atom stereocenters. The van der Waals surface area contributed by atoms with E-state index in [2.05, 4.69) is 42.5 Å². The van der Waals surface area contributed by atoms with E-state index < -0.39 is 0 Å². The predicted molar refractivity (Wildman–Crippen MR) is 152 cm³/mol. The van der Waals surface area contributed by atoms with Gasteiger partial charge in [0.05, 0.1) is 0 Å². The summed E-state index contributed by atoms with van der Waals surface area (Å²) in [6.07, 6.45) is 0. The lowest BCUT2D eigenvalue weighted by Gasteiger charge is -2.11. The van der Waals surface area contributed by atoms with Gasteiger partial charge in [-0.2, -0.15) is 0 Å². The second-order valence-electron chi connectivity index (χ2n) is 8.62. The van der Waals surface area contributed by atoms with Gasteiger partial charge in [-0.1, -0.05) is 96.5 Å². The van der Waals surface area contributed by atoms with Crippen LogP contribution in [0.5, 0.6) is 0 Å². The average molecular weight is 500 g/mol. The van der Waals surface area contributed by atoms with E-state index in [9.17, 15) is 0 Å². The molecule has 2 aromatic heterocycles. The van der Waals surface area contributed by atoms with Gasteiger partial charge in [0.1, 0.15) is 0 Å². The molecule has 7 rings (SSSR count). The van der Waals surface area contributed by atoms with Crippen LogP contribution in [0.1, 0.15) is 0 Å². The molecule has 170 valence electrons. The Morgan fingerprint density at radius 1 is 0.500 bits per heavy atom. The summed E-state index contributed by atoms with van der Waals surface area (Å²) in [6.45, 7) is 0. The fraction of sp³-hybridized carbons (Fsp3) is 0. The van der Waals surface area contributed by atoms with Crippen molar-refractivity contribution < 1.29 is 0 Å². The Labute approximate surface area is 216 Å². The standard InChI is InChI=1S/C31H18ClN3S/c32-21-15-16-26-25(17-21)28-23-14-8-7-13-22(23)24(18-27(28)36-26)31-34-29(19-9-3-1-4-10-19)33-30(35-31)20-11-5-2-6-12-20/h1-18H. The molecule has 7 aromatic rings. The van der Waals surface area contributed by atoms with Gasteiger partial charge in [0.25, 0.3) is 0 Å². The molecule has 0 fully saturated rings. The first-order valence-electron chi connectivity index (χ1n) is 11.7. The Balaban J connectivity index is 1.56. The molecule has 36 heavy (non-hydrogen) atoms. The number of hydrogen-bond donors (Lipinski definition) is 0. The van der Waals surface area contributed by atoms with E-state index in [1.165, 1.54) is 25.6 Å². The molecule has 0 aliphatic rings. The first-order chi connectivity index (χ1) is 17.7. The fourth-order valence-electron chi connectivity index (χ4n) is 4.73. The highest BCUT2D eigenvalue weighted by atomic mass is 35.5. The van der Waals surface area contributed by atoms with E-state index >= 15 is 0 Å². The van der Waals surface area contributed by atoms with Crippen molar-refractivity contribution in [2.24, 2.45) is 0 Å². The second-order valence-corrected chi connectivity index (χ2v) is 10.1. The predicted octanol–water partition coefficient (Wildman–Crippen LogP) is 9.05. The molecule has 2 heterocycles. The number of benzene rings is 5. The van der Waals surface area contributed by atoms with Gasteiger partial charge in [-0.25, -0.2) is 15.0 Å². The average Bonchev–Trinajstić information content (AvgIpc) is 3.31. The number of fused-ring (bicyclic) bond motifs is 5. The molecular formula is C31H18ClN3S. The summed E-state index contributed by atoms with van der Waals surface area (Å²) >= 11 is 8.15. The van der Waals surface area contributed by atoms with Crippen LogP contribution in [-0.4, -0.2) is 15.0 Å². The Bertz CT molecular complexity index is 1840. The summed E-state index contributed by atoms with van der Waals surface area (Å²) in [6, 6.07) is 36.9. The topological polar surface area (TPSA) is 38.7 Å². The third-order valence-electron chi connectivity index (χ3n) is 6.38. The van der Waals surface area contributed by atoms with Crippen LogP contribution in [0.2, 0.25) is 5.02 Å². The van der Waals surface area contributed by atoms with Crippen LogP contribution >= 0.6 is 22.9 Å². The lowest BCUT2D eigenvalue weighted by molar-refractivity contribution is 1.08. The van der Waals surface area contributed by atoms with Gasteiger partial charge in [0.2, 0.25) is 0 Å². The van der Waals surface area contributed by atoms with Crippen molar-refractivity contribution in [1.82, 2.24) is 15.0 Å². The lowest BCUT2D eigenvalue weighted by Crippen LogP contribution is -2.00. The molecular weight excluding hydrogens is 482 g/mol. The van der Waals surface area contributed by atoms with Gasteiger partial charge in [-0.3, -0.25) is 0 Å². The summed E-state index contributed by atoms with van der Waals surface area (Å²) in [5, 5.41) is 5.41. The summed E-state index contributed by atoms with van der Waals surface area (Å²) in [7, 11) is 0. The maximum absolute atomic E-state index is 6.38. The number of rotatable bonds is 3. The first-order valence-corrected chi connectivity index (χ1v) is 12.8. The minimum absolute atomic E-state index is 0.659. The number of nitrogens with zero attached hydrogens (tertiary/aromatic N) is 3. The number of halogens is 1. The summed E-state index contributed by atoms with van der Waals surface area (Å²) < 4.78 is 2.39. The molecule has 0 amide bonds. The Hall–Kier alpha value is -4.12. The molecule has 5 aromatic carbocycles. The summed E-state index contributed by atoms with van der Waals surface area (Å²) in [5.74, 6) is 1.98. The maximum atomic E-state index is 6.38. The molecule has 0 spiro atoms. The third-order valence-corrected chi connectivity index (χ3v) is 7.73. The molecule has 0 saturated heterocycles. The van der Waals surface area contributed by atoms with Gasteiger partial charge in [-0.05, 0) is 35.0 Å². The molecule has 0 radical (unpaired) electrons. The van der Waals surface area contributed by atoms with Crippen LogP contribution < -0.4 is 0 Å². The van der Waals surface area contributed by atoms with Crippen LogP contribution in [0.25, 0.3) is 65.1 Å². The van der Waals surface area contributed by atoms with Crippen molar-refractivity contribution in [3.05, 3.63) is 114 Å². The van der Waals surface area contributed by atoms with E-state index in [4.69, 9.17) is 26.6 Å². The number of hydrogen-bond acceptors (Lipinski definition) is 4. The van der Waals surface area contributed by atoms with Crippen molar-refractivity contribution in [2.45, 2.75) is 0 Å². The highest BCUT2D eigenvalue weighted by molar-refractivity contribution is 7.26. The SMILES string of the molecule is Clc1ccc2sc3cc(-c4nc(-c5ccccc5)nc(-c5ccccc5)n4)c4ccccc4c3c2c1. The van der Waals surface area contributed by atoms with Crippen LogP contribution in [0.15, 0.2) is 109 Å². The number of aromatic nitrogens is 3. The van der Waals surface area contributed by atoms with E-state index in [1.54, 1.807) is 11.3 Å². The first kappa shape index (κ1) is 21.2. The lowest BCUT2D eigenvalue weighted by atomic mass is 9.98. The monoisotopic (exact) mass is 499 g/mol. The van der Waals surface area contributed by atoms with E-state index in [0.29, 0.717) is 17.5 Å². The zero-order valence-electron chi connectivity index (χ0n) is 19.0. The highest BCUT2D eigenvalue weighted by Gasteiger charge is 2.18. The maximum Gasteiger partial charge on any atom is 0.164 e. The molecule has 0 aliphatic heterocycles. The fourth-order valence-corrected chi connectivity index (χ4v) is 6.04. The Kier molecular flexibility index (Phi) is 5.01. The highest BCUT2D eigenvalue weighted by Crippen LogP contribution is 2.43. The van der Waals surface area contributed by atoms with Crippen LogP contribution in [0.4, 0.5) is 0 Å². The molecule has 3 nitrogen and oxygen atoms in total. The Morgan fingerprint density at radius 2 is 1.08 bits per heavy atom. The second kappa shape index (κ2) is 8.52. The van der Waals surface area contributed by atoms with Crippen LogP contribution in [0.3, 0.4) is 0 Å². The molecule has 0 bridgehead atoms. The van der Waals surface area contributed by atoms with Crippen molar-refractivity contribution in [2.75, 3.05) is 0 Å². The van der Waals surface area contributed by atoms with Crippen LogP contribution in [-0.2, 0) is 0 Å². The largest absolute Gasteiger partial charge is 0.208 e. The molecule has 5 heteroatoms. The summed E-state index contributed by atoms with van der Waals surface area (Å²) in [5.41, 5.74) is 2.91. The van der Waals surface area contributed by atoms with Crippen LogP contribution in [0, 0.1) is 0 Å². The van der Waals surface area contributed by atoms with E-state index in [0.717, 1.165) is 27.1 Å². The Morgan fingerprint density at radius 3 is 1.75 bits per heavy atom. The van der Waals surface area contributed by atoms with Gasteiger partial charge in [0, 0.05) is 41.9 Å². The van der Waals surface area contributed by atoms with Crippen molar-refractivity contribution >= 4 is 53.9 Å². The summed E-state index contributed by atoms with van der Waals surface area (Å²) in [4.78, 5) is 14.8. The van der Waals surface area contributed by atoms with Gasteiger partial charge in [-0.15, -0.1) is 11.3 Å². The van der Waals surface area contributed by atoms with Gasteiger partial charge in [0.15, 0.2) is 17.5 Å². The van der Waals surface area contributed by atoms with Gasteiger partial charge < -0.3 is 0 Å². The van der Waals surface area contributed by atoms with E-state index in [-0.39, 0.29) is 0 Å². The quantitative estimate of drug-likeness (QED) is 0.243. The normalized spacial score (nSPS) is 11.5. The van der Waals surface area contributed by atoms with Gasteiger partial charge >= 0.3 is 0 Å². The molecule has 0 saturated carbocycles. The molecule has 0 atom stereocenters. The van der Waals surface area contributed by atoms with Crippen molar-refractivity contribution in [3.63, 3.8) is 0 Å². The minimum atomic E-state index is 0.659. The zero-order valence-corrected chi connectivity index (χ0v) is 20.6.